The lowest BCUT2D eigenvalue weighted by Gasteiger charge is -2.34. The number of amides is 1. The number of hydrogen-bond acceptors (Lipinski definition) is 5. The molecular weight excluding hydrogens is 390 g/mol. The molecule has 0 spiro atoms. The Morgan fingerprint density at radius 2 is 1.97 bits per heavy atom. The van der Waals surface area contributed by atoms with Crippen molar-refractivity contribution in [2.45, 2.75) is 50.7 Å². The molecule has 2 atom stereocenters. The van der Waals surface area contributed by atoms with E-state index >= 15 is 0 Å². The topological polar surface area (TPSA) is 79.0 Å². The fourth-order valence-electron chi connectivity index (χ4n) is 4.05. The number of aryl methyl sites for hydroxylation is 1. The number of sulfonamides is 1. The van der Waals surface area contributed by atoms with Crippen LogP contribution in [0.25, 0.3) is 0 Å². The standard InChI is InChI=1S/C21H33N3O4S/c1-16(2)14-23-11-12-28-18(15-23)13-22-21(25)20-5-4-10-24(20)29(26,27)19-8-6-17(3)7-9-19/h6-9,16,18,20H,4-5,10-15H2,1-3H3,(H,22,25)/t18?,20-/m0/s1. The molecule has 2 aliphatic heterocycles. The summed E-state index contributed by atoms with van der Waals surface area (Å²) in [6.07, 6.45) is 1.17. The Kier molecular flexibility index (Phi) is 7.32. The van der Waals surface area contributed by atoms with Crippen molar-refractivity contribution in [3.8, 4) is 0 Å². The average molecular weight is 424 g/mol. The van der Waals surface area contributed by atoms with Gasteiger partial charge in [-0.25, -0.2) is 8.42 Å². The molecule has 0 bridgehead atoms. The molecule has 2 heterocycles. The van der Waals surface area contributed by atoms with Crippen LogP contribution in [-0.2, 0) is 19.6 Å². The molecule has 7 nitrogen and oxygen atoms in total. The fourth-order valence-corrected chi connectivity index (χ4v) is 5.71. The van der Waals surface area contributed by atoms with Crippen molar-refractivity contribution in [3.05, 3.63) is 29.8 Å². The van der Waals surface area contributed by atoms with Crippen molar-refractivity contribution in [1.82, 2.24) is 14.5 Å². The molecule has 1 N–H and O–H groups in total. The number of nitrogens with zero attached hydrogens (tertiary/aromatic N) is 2. The Balaban J connectivity index is 1.59. The van der Waals surface area contributed by atoms with Gasteiger partial charge in [0.05, 0.1) is 17.6 Å². The third-order valence-corrected chi connectivity index (χ3v) is 7.41. The molecule has 0 saturated carbocycles. The summed E-state index contributed by atoms with van der Waals surface area (Å²) in [6, 6.07) is 6.12. The minimum atomic E-state index is -3.68. The van der Waals surface area contributed by atoms with Crippen LogP contribution in [-0.4, -0.2) is 75.0 Å². The SMILES string of the molecule is Cc1ccc(S(=O)(=O)N2CCC[C@H]2C(=O)NCC2CN(CC(C)C)CCO2)cc1. The highest BCUT2D eigenvalue weighted by atomic mass is 32.2. The smallest absolute Gasteiger partial charge is 0.243 e. The summed E-state index contributed by atoms with van der Waals surface area (Å²) in [7, 11) is -3.68. The minimum Gasteiger partial charge on any atom is -0.374 e. The molecule has 2 aliphatic rings. The summed E-state index contributed by atoms with van der Waals surface area (Å²) >= 11 is 0. The van der Waals surface area contributed by atoms with Gasteiger partial charge in [0.1, 0.15) is 6.04 Å². The fraction of sp³-hybridized carbons (Fsp3) is 0.667. The number of benzene rings is 1. The summed E-state index contributed by atoms with van der Waals surface area (Å²) in [5.74, 6) is 0.352. The van der Waals surface area contributed by atoms with Crippen molar-refractivity contribution in [2.24, 2.45) is 5.92 Å². The highest BCUT2D eigenvalue weighted by molar-refractivity contribution is 7.89. The van der Waals surface area contributed by atoms with Crippen molar-refractivity contribution in [2.75, 3.05) is 39.3 Å². The Morgan fingerprint density at radius 3 is 2.66 bits per heavy atom. The quantitative estimate of drug-likeness (QED) is 0.721. The van der Waals surface area contributed by atoms with Crippen LogP contribution < -0.4 is 5.32 Å². The number of carbonyl (C=O) groups excluding carboxylic acids is 1. The predicted octanol–water partition coefficient (Wildman–Crippen LogP) is 1.62. The maximum Gasteiger partial charge on any atom is 0.243 e. The summed E-state index contributed by atoms with van der Waals surface area (Å²) < 4.78 is 33.2. The number of nitrogens with one attached hydrogen (secondary N) is 1. The van der Waals surface area contributed by atoms with Gasteiger partial charge < -0.3 is 10.1 Å². The van der Waals surface area contributed by atoms with Crippen LogP contribution in [0.3, 0.4) is 0 Å². The first kappa shape index (κ1) is 22.2. The second-order valence-corrected chi connectivity index (χ2v) is 10.4. The Labute approximate surface area is 174 Å². The summed E-state index contributed by atoms with van der Waals surface area (Å²) in [5.41, 5.74) is 0.999. The van der Waals surface area contributed by atoms with Crippen molar-refractivity contribution < 1.29 is 17.9 Å². The van der Waals surface area contributed by atoms with Crippen LogP contribution in [0.1, 0.15) is 32.3 Å². The Hall–Kier alpha value is -1.48. The van der Waals surface area contributed by atoms with Crippen LogP contribution in [0.15, 0.2) is 29.2 Å². The predicted molar refractivity (Wildman–Crippen MR) is 112 cm³/mol. The zero-order valence-corrected chi connectivity index (χ0v) is 18.5. The second kappa shape index (κ2) is 9.55. The van der Waals surface area contributed by atoms with Crippen LogP contribution in [0.5, 0.6) is 0 Å². The maximum atomic E-state index is 13.0. The largest absolute Gasteiger partial charge is 0.374 e. The third kappa shape index (κ3) is 5.57. The molecule has 0 aliphatic carbocycles. The minimum absolute atomic E-state index is 0.0602. The molecule has 1 aromatic carbocycles. The molecule has 8 heteroatoms. The van der Waals surface area contributed by atoms with Crippen molar-refractivity contribution in [1.29, 1.82) is 0 Å². The van der Waals surface area contributed by atoms with Crippen molar-refractivity contribution in [3.63, 3.8) is 0 Å². The van der Waals surface area contributed by atoms with E-state index in [1.54, 1.807) is 24.3 Å². The van der Waals surface area contributed by atoms with E-state index in [2.05, 4.69) is 24.1 Å². The van der Waals surface area contributed by atoms with Gasteiger partial charge in [-0.2, -0.15) is 4.31 Å². The summed E-state index contributed by atoms with van der Waals surface area (Å²) in [5, 5.41) is 2.93. The highest BCUT2D eigenvalue weighted by Gasteiger charge is 2.39. The number of hydrogen-bond donors (Lipinski definition) is 1. The van der Waals surface area contributed by atoms with Gasteiger partial charge in [-0.3, -0.25) is 9.69 Å². The molecular formula is C21H33N3O4S. The normalized spacial score (nSPS) is 24.1. The van der Waals surface area contributed by atoms with Crippen molar-refractivity contribution >= 4 is 15.9 Å². The maximum absolute atomic E-state index is 13.0. The van der Waals surface area contributed by atoms with Gasteiger partial charge in [0, 0.05) is 32.7 Å². The van der Waals surface area contributed by atoms with Crippen LogP contribution >= 0.6 is 0 Å². The van der Waals surface area contributed by atoms with E-state index in [4.69, 9.17) is 4.74 Å². The van der Waals surface area contributed by atoms with E-state index < -0.39 is 16.1 Å². The van der Waals surface area contributed by atoms with Gasteiger partial charge in [-0.1, -0.05) is 31.5 Å². The van der Waals surface area contributed by atoms with Gasteiger partial charge in [0.2, 0.25) is 15.9 Å². The monoisotopic (exact) mass is 423 g/mol. The molecule has 162 valence electrons. The number of morpholine rings is 1. The van der Waals surface area contributed by atoms with Gasteiger partial charge in [0.15, 0.2) is 0 Å². The Morgan fingerprint density at radius 1 is 1.24 bits per heavy atom. The average Bonchev–Trinajstić information content (AvgIpc) is 3.17. The second-order valence-electron chi connectivity index (χ2n) is 8.48. The van der Waals surface area contributed by atoms with Gasteiger partial charge in [-0.05, 0) is 37.8 Å². The highest BCUT2D eigenvalue weighted by Crippen LogP contribution is 2.26. The van der Waals surface area contributed by atoms with Gasteiger partial charge in [0.25, 0.3) is 0 Å². The summed E-state index contributed by atoms with van der Waals surface area (Å²) in [4.78, 5) is 15.4. The molecule has 1 unspecified atom stereocenters. The van der Waals surface area contributed by atoms with Crippen LogP contribution in [0.2, 0.25) is 0 Å². The molecule has 3 rings (SSSR count). The van der Waals surface area contributed by atoms with Gasteiger partial charge in [-0.15, -0.1) is 0 Å². The molecule has 0 radical (unpaired) electrons. The number of rotatable bonds is 7. The number of ether oxygens (including phenoxy) is 1. The number of carbonyl (C=O) groups is 1. The molecule has 1 aromatic rings. The van der Waals surface area contributed by atoms with E-state index in [0.717, 1.165) is 25.2 Å². The zero-order valence-electron chi connectivity index (χ0n) is 17.6. The lowest BCUT2D eigenvalue weighted by Crippen LogP contribution is -2.51. The van der Waals surface area contributed by atoms with Crippen LogP contribution in [0.4, 0.5) is 0 Å². The lowest BCUT2D eigenvalue weighted by atomic mass is 10.1. The molecule has 0 aromatic heterocycles. The van der Waals surface area contributed by atoms with E-state index in [1.807, 2.05) is 6.92 Å². The first-order chi connectivity index (χ1) is 13.8. The summed E-state index contributed by atoms with van der Waals surface area (Å²) in [6.45, 7) is 10.4. The Bertz CT molecular complexity index is 795. The van der Waals surface area contributed by atoms with E-state index in [1.165, 1.54) is 4.31 Å². The van der Waals surface area contributed by atoms with E-state index in [9.17, 15) is 13.2 Å². The van der Waals surface area contributed by atoms with E-state index in [0.29, 0.717) is 38.5 Å². The van der Waals surface area contributed by atoms with E-state index in [-0.39, 0.29) is 16.9 Å². The first-order valence-corrected chi connectivity index (χ1v) is 11.9. The molecule has 2 fully saturated rings. The van der Waals surface area contributed by atoms with Crippen LogP contribution in [0, 0.1) is 12.8 Å². The molecule has 2 saturated heterocycles. The lowest BCUT2D eigenvalue weighted by molar-refractivity contribution is -0.125. The van der Waals surface area contributed by atoms with Gasteiger partial charge >= 0.3 is 0 Å². The molecule has 29 heavy (non-hydrogen) atoms. The third-order valence-electron chi connectivity index (χ3n) is 5.48. The first-order valence-electron chi connectivity index (χ1n) is 10.5. The zero-order chi connectivity index (χ0) is 21.0. The molecule has 1 amide bonds.